The van der Waals surface area contributed by atoms with Crippen molar-refractivity contribution in [3.05, 3.63) is 90.1 Å². The number of pyridine rings is 3. The van der Waals surface area contributed by atoms with Gasteiger partial charge in [0.15, 0.2) is 5.17 Å². The molecule has 3 aromatic heterocycles. The molecule has 1 aliphatic heterocycles. The summed E-state index contributed by atoms with van der Waals surface area (Å²) in [4.78, 5) is 11.8. The van der Waals surface area contributed by atoms with Crippen LogP contribution in [0.2, 0.25) is 0 Å². The third-order valence-electron chi connectivity index (χ3n) is 5.38. The van der Waals surface area contributed by atoms with Crippen LogP contribution in [0.1, 0.15) is 30.9 Å². The van der Waals surface area contributed by atoms with Gasteiger partial charge in [-0.2, -0.15) is 8.78 Å². The van der Waals surface area contributed by atoms with Gasteiger partial charge in [-0.05, 0) is 42.0 Å². The lowest BCUT2D eigenvalue weighted by atomic mass is 9.87. The number of aromatic nitrogens is 3. The fourth-order valence-corrected chi connectivity index (χ4v) is 4.56. The Kier molecular flexibility index (Phi) is 7.36. The third kappa shape index (κ3) is 5.14. The lowest BCUT2D eigenvalue weighted by Gasteiger charge is -2.28. The van der Waals surface area contributed by atoms with E-state index < -0.39 is 11.9 Å². The van der Waals surface area contributed by atoms with Crippen molar-refractivity contribution in [2.75, 3.05) is 5.75 Å². The highest BCUT2D eigenvalue weighted by atomic mass is 32.2. The van der Waals surface area contributed by atoms with E-state index in [0.717, 1.165) is 11.1 Å². The number of ether oxygens (including phenoxy) is 1. The van der Waals surface area contributed by atoms with Gasteiger partial charge in [0.1, 0.15) is 11.5 Å². The molecule has 0 saturated carbocycles. The summed E-state index contributed by atoms with van der Waals surface area (Å²) in [6, 6.07) is 13.6. The maximum Gasteiger partial charge on any atom is 0.220 e. The minimum atomic E-state index is -0.597. The van der Waals surface area contributed by atoms with Gasteiger partial charge in [-0.25, -0.2) is 9.97 Å². The monoisotopic (exact) mass is 491 g/mol. The summed E-state index contributed by atoms with van der Waals surface area (Å²) < 4.78 is 34.1. The van der Waals surface area contributed by atoms with E-state index in [2.05, 4.69) is 15.0 Å². The highest BCUT2D eigenvalue weighted by molar-refractivity contribution is 8.13. The highest BCUT2D eigenvalue weighted by Crippen LogP contribution is 2.47. The summed E-state index contributed by atoms with van der Waals surface area (Å²) >= 11 is 1.20. The molecule has 0 spiro atoms. The molecule has 1 atom stereocenters. The van der Waals surface area contributed by atoms with Crippen molar-refractivity contribution in [2.45, 2.75) is 19.8 Å². The molecule has 0 bridgehead atoms. The summed E-state index contributed by atoms with van der Waals surface area (Å²) in [5, 5.41) is 7.67. The average Bonchev–Trinajstić information content (AvgIpc) is 2.87. The fourth-order valence-electron chi connectivity index (χ4n) is 3.86. The van der Waals surface area contributed by atoms with E-state index in [1.54, 1.807) is 36.5 Å². The Bertz CT molecular complexity index is 1380. The molecule has 3 N–H and O–H groups in total. The van der Waals surface area contributed by atoms with Gasteiger partial charge in [-0.1, -0.05) is 31.7 Å². The molecule has 35 heavy (non-hydrogen) atoms. The number of hydrogen-bond acceptors (Lipinski definition) is 6. The Labute approximate surface area is 206 Å². The molecule has 0 amide bonds. The summed E-state index contributed by atoms with van der Waals surface area (Å²) in [5.74, 6) is 0.275. The molecule has 4 heterocycles. The molecular formula is C26H23F2N5OS. The van der Waals surface area contributed by atoms with Crippen LogP contribution in [0.5, 0.6) is 11.5 Å². The number of nitrogens with one attached hydrogen (secondary N) is 1. The van der Waals surface area contributed by atoms with E-state index in [4.69, 9.17) is 15.9 Å². The van der Waals surface area contributed by atoms with E-state index in [1.807, 2.05) is 26.0 Å². The van der Waals surface area contributed by atoms with Crippen molar-refractivity contribution < 1.29 is 13.5 Å². The van der Waals surface area contributed by atoms with E-state index >= 15 is 0 Å². The van der Waals surface area contributed by atoms with E-state index in [-0.39, 0.29) is 11.1 Å². The topological polar surface area (TPSA) is 97.8 Å². The SMILES string of the molecule is CC.N=C(N)SCC1c2cc(-c3cccnc3F)ccc2Oc2cnc(-c3ccnc(F)c3)cc21. The van der Waals surface area contributed by atoms with Crippen LogP contribution in [0.3, 0.4) is 0 Å². The molecule has 6 nitrogen and oxygen atoms in total. The average molecular weight is 492 g/mol. The van der Waals surface area contributed by atoms with Crippen LogP contribution in [-0.2, 0) is 0 Å². The number of amidine groups is 1. The Hall–Kier alpha value is -3.85. The third-order valence-corrected chi connectivity index (χ3v) is 6.19. The number of nitrogens with zero attached hydrogens (tertiary/aromatic N) is 3. The van der Waals surface area contributed by atoms with Gasteiger partial charge in [0.05, 0.1) is 11.9 Å². The lowest BCUT2D eigenvalue weighted by molar-refractivity contribution is 0.448. The molecular weight excluding hydrogens is 468 g/mol. The lowest BCUT2D eigenvalue weighted by Crippen LogP contribution is -2.16. The Morgan fingerprint density at radius 2 is 1.77 bits per heavy atom. The minimum absolute atomic E-state index is 0.00969. The van der Waals surface area contributed by atoms with Gasteiger partial charge in [-0.15, -0.1) is 0 Å². The zero-order valence-electron chi connectivity index (χ0n) is 19.1. The molecule has 1 unspecified atom stereocenters. The number of thioether (sulfide) groups is 1. The first-order valence-electron chi connectivity index (χ1n) is 11.0. The molecule has 9 heteroatoms. The summed E-state index contributed by atoms with van der Waals surface area (Å²) in [6.07, 6.45) is 4.39. The van der Waals surface area contributed by atoms with Crippen molar-refractivity contribution >= 4 is 16.9 Å². The molecule has 0 aliphatic carbocycles. The van der Waals surface area contributed by atoms with Gasteiger partial charge in [0.25, 0.3) is 0 Å². The molecule has 0 saturated heterocycles. The van der Waals surface area contributed by atoms with Crippen molar-refractivity contribution in [1.82, 2.24) is 15.0 Å². The van der Waals surface area contributed by atoms with Crippen molar-refractivity contribution in [2.24, 2.45) is 5.73 Å². The Morgan fingerprint density at radius 1 is 0.971 bits per heavy atom. The second-order valence-corrected chi connectivity index (χ2v) is 8.46. The largest absolute Gasteiger partial charge is 0.455 e. The molecule has 1 aliphatic rings. The molecule has 5 rings (SSSR count). The van der Waals surface area contributed by atoms with Gasteiger partial charge < -0.3 is 10.5 Å². The van der Waals surface area contributed by atoms with Crippen LogP contribution in [0.25, 0.3) is 22.4 Å². The Morgan fingerprint density at radius 3 is 2.51 bits per heavy atom. The first-order chi connectivity index (χ1) is 17.0. The van der Waals surface area contributed by atoms with Gasteiger partial charge in [0.2, 0.25) is 11.9 Å². The molecule has 178 valence electrons. The van der Waals surface area contributed by atoms with Gasteiger partial charge >= 0.3 is 0 Å². The zero-order valence-corrected chi connectivity index (χ0v) is 19.9. The van der Waals surface area contributed by atoms with Crippen LogP contribution in [0, 0.1) is 17.3 Å². The molecule has 1 aromatic carbocycles. The first-order valence-corrected chi connectivity index (χ1v) is 12.0. The minimum Gasteiger partial charge on any atom is -0.455 e. The number of benzene rings is 1. The van der Waals surface area contributed by atoms with Crippen molar-refractivity contribution in [3.8, 4) is 33.9 Å². The number of rotatable bonds is 4. The number of halogens is 2. The Balaban J connectivity index is 0.00000141. The fraction of sp³-hybridized carbons (Fsp3) is 0.154. The van der Waals surface area contributed by atoms with Gasteiger partial charge in [0, 0.05) is 52.4 Å². The van der Waals surface area contributed by atoms with E-state index in [1.165, 1.54) is 30.2 Å². The first kappa shape index (κ1) is 24.3. The van der Waals surface area contributed by atoms with Crippen LogP contribution >= 0.6 is 11.8 Å². The normalized spacial score (nSPS) is 13.5. The van der Waals surface area contributed by atoms with Crippen LogP contribution in [-0.4, -0.2) is 25.9 Å². The second kappa shape index (κ2) is 10.6. The van der Waals surface area contributed by atoms with Crippen LogP contribution in [0.15, 0.2) is 67.1 Å². The summed E-state index contributed by atoms with van der Waals surface area (Å²) in [7, 11) is 0. The highest BCUT2D eigenvalue weighted by Gasteiger charge is 2.29. The maximum absolute atomic E-state index is 14.3. The summed E-state index contributed by atoms with van der Waals surface area (Å²) in [6.45, 7) is 4.00. The van der Waals surface area contributed by atoms with E-state index in [0.29, 0.717) is 39.6 Å². The number of nitrogens with two attached hydrogens (primary N) is 1. The standard InChI is InChI=1S/C24H17F2N5OS.C2H6/c25-22-9-14(5-7-29-22)19-10-17-18(12-33-24(27)28)16-8-13(15-2-1-6-30-23(15)26)3-4-20(16)32-21(17)11-31-19;1-2/h1-11,18H,12H2,(H3,27,28);1-2H3. The number of hydrogen-bond donors (Lipinski definition) is 2. The number of fused-ring (bicyclic) bond motifs is 2. The molecule has 0 radical (unpaired) electrons. The van der Waals surface area contributed by atoms with Crippen LogP contribution < -0.4 is 10.5 Å². The quantitative estimate of drug-likeness (QED) is 0.195. The smallest absolute Gasteiger partial charge is 0.220 e. The zero-order chi connectivity index (χ0) is 24.9. The van der Waals surface area contributed by atoms with Crippen molar-refractivity contribution in [3.63, 3.8) is 0 Å². The molecule has 4 aromatic rings. The predicted molar refractivity (Wildman–Crippen MR) is 135 cm³/mol. The predicted octanol–water partition coefficient (Wildman–Crippen LogP) is 6.37. The maximum atomic E-state index is 14.3. The van der Waals surface area contributed by atoms with Gasteiger partial charge in [-0.3, -0.25) is 10.4 Å². The second-order valence-electron chi connectivity index (χ2n) is 7.40. The summed E-state index contributed by atoms with van der Waals surface area (Å²) in [5.41, 5.74) is 9.47. The molecule has 0 fully saturated rings. The van der Waals surface area contributed by atoms with Crippen LogP contribution in [0.4, 0.5) is 8.78 Å². The van der Waals surface area contributed by atoms with E-state index in [9.17, 15) is 8.78 Å². The van der Waals surface area contributed by atoms with Crippen molar-refractivity contribution in [1.29, 1.82) is 5.41 Å².